The number of benzene rings is 2. The molecule has 0 radical (unpaired) electrons. The summed E-state index contributed by atoms with van der Waals surface area (Å²) in [4.78, 5) is 65.4. The number of amides is 1. The van der Waals surface area contributed by atoms with Crippen molar-refractivity contribution < 1.29 is 64.9 Å². The van der Waals surface area contributed by atoms with E-state index in [0.29, 0.717) is 10.0 Å². The monoisotopic (exact) mass is 598 g/mol. The Morgan fingerprint density at radius 1 is 0.857 bits per heavy atom. The van der Waals surface area contributed by atoms with Crippen molar-refractivity contribution in [2.45, 2.75) is 36.1 Å². The predicted octanol–water partition coefficient (Wildman–Crippen LogP) is 2.46. The van der Waals surface area contributed by atoms with Gasteiger partial charge in [0.15, 0.2) is 5.78 Å². The molecular weight excluding hydrogens is 582 g/mol. The molecule has 1 amide bonds. The Balaban J connectivity index is 1.70. The smallest absolute Gasteiger partial charge is 0.491 e. The molecule has 2 saturated heterocycles. The summed E-state index contributed by atoms with van der Waals surface area (Å²) in [6.45, 7) is 0. The molecule has 2 aromatic carbocycles. The van der Waals surface area contributed by atoms with Gasteiger partial charge in [0, 0.05) is 18.2 Å². The van der Waals surface area contributed by atoms with Gasteiger partial charge in [-0.2, -0.15) is 26.3 Å². The Morgan fingerprint density at radius 3 is 2.00 bits per heavy atom. The van der Waals surface area contributed by atoms with Gasteiger partial charge in [-0.3, -0.25) is 14.4 Å². The summed E-state index contributed by atoms with van der Waals surface area (Å²) in [5.74, 6) is -12.7. The third-order valence-corrected chi connectivity index (χ3v) is 7.05. The minimum Gasteiger partial charge on any atom is -0.508 e. The number of hydrogen-bond acceptors (Lipinski definition) is 9. The number of hydrazine groups is 1. The van der Waals surface area contributed by atoms with E-state index in [9.17, 15) is 55.4 Å². The Morgan fingerprint density at radius 2 is 1.43 bits per heavy atom. The van der Waals surface area contributed by atoms with E-state index in [-0.39, 0.29) is 5.56 Å². The van der Waals surface area contributed by atoms with Gasteiger partial charge in [0.2, 0.25) is 11.5 Å². The van der Waals surface area contributed by atoms with Gasteiger partial charge in [0.05, 0.1) is 0 Å². The fraction of sp³-hybridized carbons (Fsp3) is 0.269. The van der Waals surface area contributed by atoms with Crippen LogP contribution in [-0.4, -0.2) is 68.7 Å². The van der Waals surface area contributed by atoms with Gasteiger partial charge in [0.25, 0.3) is 11.5 Å². The Bertz CT molecular complexity index is 1520. The molecule has 0 spiro atoms. The first-order valence-electron chi connectivity index (χ1n) is 11.9. The van der Waals surface area contributed by atoms with Crippen LogP contribution < -0.4 is 0 Å². The summed E-state index contributed by atoms with van der Waals surface area (Å²) < 4.78 is 89.7. The van der Waals surface area contributed by atoms with Gasteiger partial charge in [-0.1, -0.05) is 42.5 Å². The minimum atomic E-state index is -5.71. The van der Waals surface area contributed by atoms with Gasteiger partial charge in [-0.05, 0) is 23.8 Å². The molecule has 0 saturated carbocycles. The molecule has 1 N–H and O–H groups in total. The normalized spacial score (nSPS) is 26.9. The highest BCUT2D eigenvalue weighted by molar-refractivity contribution is 6.21. The molecule has 0 aliphatic carbocycles. The first-order chi connectivity index (χ1) is 19.5. The highest BCUT2D eigenvalue weighted by Crippen LogP contribution is 2.54. The summed E-state index contributed by atoms with van der Waals surface area (Å²) in [5.41, 5.74) is -6.52. The Kier molecular flexibility index (Phi) is 6.35. The summed E-state index contributed by atoms with van der Waals surface area (Å²) in [5, 5.41) is 10.6. The van der Waals surface area contributed by atoms with Crippen LogP contribution in [0.5, 0.6) is 5.75 Å². The van der Waals surface area contributed by atoms with Gasteiger partial charge >= 0.3 is 24.3 Å². The standard InChI is InChI=1S/C26H16F6N2O8/c27-25(28,29)21(39)41-23(12-13-4-2-1-3-5-13)17-16(36)10-11-33(23)34-18(17)19(37)24(20(34)38,42-22(40)26(30,31)32)14-6-8-15(35)9-7-14/h1-11,17-18,35H,12H2. The van der Waals surface area contributed by atoms with Crippen LogP contribution in [0.4, 0.5) is 26.3 Å². The number of allylic oxidation sites excluding steroid dienone is 1. The van der Waals surface area contributed by atoms with Crippen molar-refractivity contribution in [3.63, 3.8) is 0 Å². The van der Waals surface area contributed by atoms with E-state index in [2.05, 4.69) is 4.74 Å². The quantitative estimate of drug-likeness (QED) is 0.314. The van der Waals surface area contributed by atoms with Crippen LogP contribution in [0.3, 0.4) is 0 Å². The van der Waals surface area contributed by atoms with Crippen molar-refractivity contribution in [2.75, 3.05) is 0 Å². The maximum Gasteiger partial charge on any atom is 0.491 e. The lowest BCUT2D eigenvalue weighted by molar-refractivity contribution is -0.241. The van der Waals surface area contributed by atoms with Crippen molar-refractivity contribution in [2.24, 2.45) is 5.92 Å². The molecule has 4 atom stereocenters. The second kappa shape index (κ2) is 9.32. The summed E-state index contributed by atoms with van der Waals surface area (Å²) in [7, 11) is 0. The molecule has 42 heavy (non-hydrogen) atoms. The molecule has 10 nitrogen and oxygen atoms in total. The van der Waals surface area contributed by atoms with E-state index in [0.717, 1.165) is 36.5 Å². The number of nitrogens with zero attached hydrogens (tertiary/aromatic N) is 2. The Labute approximate surface area is 230 Å². The maximum atomic E-state index is 14.0. The molecule has 3 heterocycles. The number of fused-ring (bicyclic) bond motifs is 5. The third-order valence-electron chi connectivity index (χ3n) is 7.05. The van der Waals surface area contributed by atoms with Gasteiger partial charge in [-0.15, -0.1) is 0 Å². The minimum absolute atomic E-state index is 0.194. The van der Waals surface area contributed by atoms with Crippen LogP contribution in [0.2, 0.25) is 0 Å². The van der Waals surface area contributed by atoms with E-state index >= 15 is 0 Å². The van der Waals surface area contributed by atoms with Crippen LogP contribution in [0.15, 0.2) is 66.9 Å². The lowest BCUT2D eigenvalue weighted by Crippen LogP contribution is -2.61. The molecular formula is C26H16F6N2O8. The van der Waals surface area contributed by atoms with Crippen molar-refractivity contribution in [3.8, 4) is 5.75 Å². The number of ether oxygens (including phenoxy) is 2. The fourth-order valence-electron chi connectivity index (χ4n) is 5.39. The lowest BCUT2D eigenvalue weighted by Gasteiger charge is -2.44. The highest BCUT2D eigenvalue weighted by atomic mass is 19.4. The van der Waals surface area contributed by atoms with Crippen LogP contribution in [0.25, 0.3) is 0 Å². The largest absolute Gasteiger partial charge is 0.508 e. The van der Waals surface area contributed by atoms with Crippen molar-refractivity contribution in [3.05, 3.63) is 78.0 Å². The van der Waals surface area contributed by atoms with Crippen molar-refractivity contribution >= 4 is 29.4 Å². The number of alkyl halides is 6. The predicted molar refractivity (Wildman–Crippen MR) is 122 cm³/mol. The molecule has 2 aromatic rings. The number of halogens is 6. The zero-order valence-electron chi connectivity index (χ0n) is 20.7. The molecule has 4 unspecified atom stereocenters. The number of phenolic OH excluding ortho intramolecular Hbond substituents is 1. The zero-order valence-corrected chi connectivity index (χ0v) is 20.7. The first kappa shape index (κ1) is 28.6. The number of Topliss-reactive ketones (excluding diaryl/α,β-unsaturated/α-hetero) is 1. The number of phenols is 1. The average molecular weight is 598 g/mol. The van der Waals surface area contributed by atoms with E-state index in [1.807, 2.05) is 0 Å². The van der Waals surface area contributed by atoms with Gasteiger partial charge in [-0.25, -0.2) is 19.6 Å². The summed E-state index contributed by atoms with van der Waals surface area (Å²) in [6.07, 6.45) is -10.4. The molecule has 220 valence electrons. The molecule has 3 aliphatic heterocycles. The molecule has 2 bridgehead atoms. The average Bonchev–Trinajstić information content (AvgIpc) is 3.20. The number of rotatable bonds is 5. The first-order valence-corrected chi connectivity index (χ1v) is 11.9. The number of carbonyl (C=O) groups excluding carboxylic acids is 5. The van der Waals surface area contributed by atoms with Crippen molar-refractivity contribution in [1.82, 2.24) is 10.0 Å². The fourth-order valence-corrected chi connectivity index (χ4v) is 5.39. The van der Waals surface area contributed by atoms with Crippen molar-refractivity contribution in [1.29, 1.82) is 0 Å². The third kappa shape index (κ3) is 4.16. The summed E-state index contributed by atoms with van der Waals surface area (Å²) in [6, 6.07) is 8.48. The topological polar surface area (TPSA) is 131 Å². The SMILES string of the molecule is O=C1C=CN2N3C(=O)C(OC(=O)C(F)(F)F)(c4ccc(O)cc4)C(=O)C3C1C2(Cc1ccccc1)OC(=O)C(F)(F)F. The second-order valence-electron chi connectivity index (χ2n) is 9.51. The zero-order chi connectivity index (χ0) is 30.8. The van der Waals surface area contributed by atoms with E-state index in [1.54, 1.807) is 6.07 Å². The molecule has 2 fully saturated rings. The highest BCUT2D eigenvalue weighted by Gasteiger charge is 2.78. The van der Waals surface area contributed by atoms with E-state index in [1.165, 1.54) is 24.3 Å². The number of carbonyl (C=O) groups is 5. The summed E-state index contributed by atoms with van der Waals surface area (Å²) >= 11 is 0. The van der Waals surface area contributed by atoms with Gasteiger partial charge < -0.3 is 14.6 Å². The number of ketones is 2. The Hall–Kier alpha value is -4.89. The second-order valence-corrected chi connectivity index (χ2v) is 9.51. The van der Waals surface area contributed by atoms with Crippen LogP contribution in [0.1, 0.15) is 11.1 Å². The molecule has 16 heteroatoms. The van der Waals surface area contributed by atoms with Gasteiger partial charge in [0.1, 0.15) is 17.7 Å². The van der Waals surface area contributed by atoms with Crippen LogP contribution in [0, 0.1) is 5.92 Å². The van der Waals surface area contributed by atoms with Crippen LogP contribution >= 0.6 is 0 Å². The number of hydrogen-bond donors (Lipinski definition) is 1. The van der Waals surface area contributed by atoms with Crippen LogP contribution in [-0.2, 0) is 45.5 Å². The number of aromatic hydroxyl groups is 1. The molecule has 3 aliphatic rings. The maximum absolute atomic E-state index is 14.0. The molecule has 5 rings (SSSR count). The van der Waals surface area contributed by atoms with E-state index < -0.39 is 82.8 Å². The number of esters is 2. The van der Waals surface area contributed by atoms with E-state index in [4.69, 9.17) is 4.74 Å². The molecule has 0 aromatic heterocycles. The lowest BCUT2D eigenvalue weighted by atomic mass is 9.77.